The first kappa shape index (κ1) is 8.55. The Morgan fingerprint density at radius 3 is 3.00 bits per heavy atom. The number of benzene rings is 1. The van der Waals surface area contributed by atoms with Gasteiger partial charge < -0.3 is 14.9 Å². The summed E-state index contributed by atoms with van der Waals surface area (Å²) in [6.45, 7) is 0. The van der Waals surface area contributed by atoms with Crippen LogP contribution in [0.25, 0.3) is 11.1 Å². The van der Waals surface area contributed by atoms with Gasteiger partial charge in [0, 0.05) is 5.56 Å². The number of nitrogens with one attached hydrogen (secondary N) is 1. The van der Waals surface area contributed by atoms with Crippen LogP contribution in [0.15, 0.2) is 22.9 Å². The van der Waals surface area contributed by atoms with Crippen LogP contribution in [0, 0.1) is 5.41 Å². The molecule has 0 saturated carbocycles. The van der Waals surface area contributed by atoms with E-state index in [1.165, 1.54) is 13.5 Å². The number of rotatable bonds is 2. The molecular formula is C9H9N3O2. The molecule has 0 amide bonds. The Balaban J connectivity index is 2.73. The largest absolute Gasteiger partial charge is 0.494 e. The number of fused-ring (bicyclic) bond motifs is 1. The third-order valence-electron chi connectivity index (χ3n) is 1.93. The third-order valence-corrected chi connectivity index (χ3v) is 1.93. The Hall–Kier alpha value is -2.04. The zero-order valence-electron chi connectivity index (χ0n) is 7.57. The molecule has 72 valence electrons. The van der Waals surface area contributed by atoms with Gasteiger partial charge in [-0.05, 0) is 12.1 Å². The summed E-state index contributed by atoms with van der Waals surface area (Å²) in [5.74, 6) is 0.531. The van der Waals surface area contributed by atoms with Crippen molar-refractivity contribution >= 4 is 16.9 Å². The van der Waals surface area contributed by atoms with Gasteiger partial charge in [-0.15, -0.1) is 0 Å². The molecule has 5 nitrogen and oxygen atoms in total. The third kappa shape index (κ3) is 1.19. The van der Waals surface area contributed by atoms with Crippen molar-refractivity contribution in [2.24, 2.45) is 5.73 Å². The second kappa shape index (κ2) is 3.02. The minimum absolute atomic E-state index is 0.0263. The van der Waals surface area contributed by atoms with Gasteiger partial charge >= 0.3 is 0 Å². The summed E-state index contributed by atoms with van der Waals surface area (Å²) in [5, 5.41) is 7.30. The van der Waals surface area contributed by atoms with Gasteiger partial charge in [0.2, 0.25) is 0 Å². The van der Waals surface area contributed by atoms with Gasteiger partial charge in [0.15, 0.2) is 17.5 Å². The Bertz CT molecular complexity index is 490. The van der Waals surface area contributed by atoms with Crippen LogP contribution in [0.2, 0.25) is 0 Å². The van der Waals surface area contributed by atoms with Crippen LogP contribution >= 0.6 is 0 Å². The number of hydrogen-bond acceptors (Lipinski definition) is 4. The van der Waals surface area contributed by atoms with Crippen molar-refractivity contribution in [1.82, 2.24) is 4.98 Å². The van der Waals surface area contributed by atoms with Crippen molar-refractivity contribution in [2.45, 2.75) is 0 Å². The predicted octanol–water partition coefficient (Wildman–Crippen LogP) is 1.12. The number of amidine groups is 1. The highest BCUT2D eigenvalue weighted by molar-refractivity contribution is 5.99. The van der Waals surface area contributed by atoms with Gasteiger partial charge in [-0.25, -0.2) is 4.98 Å². The Morgan fingerprint density at radius 2 is 2.36 bits per heavy atom. The average molecular weight is 191 g/mol. The molecular weight excluding hydrogens is 182 g/mol. The molecule has 0 aliphatic carbocycles. The molecule has 1 heterocycles. The summed E-state index contributed by atoms with van der Waals surface area (Å²) in [6, 6.07) is 3.32. The quantitative estimate of drug-likeness (QED) is 0.550. The lowest BCUT2D eigenvalue weighted by molar-refractivity contribution is 0.419. The summed E-state index contributed by atoms with van der Waals surface area (Å²) in [6.07, 6.45) is 1.33. The number of nitrogens with zero attached hydrogens (tertiary/aromatic N) is 1. The van der Waals surface area contributed by atoms with Gasteiger partial charge in [-0.3, -0.25) is 5.41 Å². The van der Waals surface area contributed by atoms with Crippen LogP contribution in [0.3, 0.4) is 0 Å². The van der Waals surface area contributed by atoms with E-state index in [1.54, 1.807) is 12.1 Å². The molecule has 1 aromatic heterocycles. The van der Waals surface area contributed by atoms with E-state index in [-0.39, 0.29) is 5.84 Å². The number of hydrogen-bond donors (Lipinski definition) is 2. The fraction of sp³-hybridized carbons (Fsp3) is 0.111. The smallest absolute Gasteiger partial charge is 0.182 e. The Morgan fingerprint density at radius 1 is 1.57 bits per heavy atom. The molecule has 0 aliphatic heterocycles. The first-order chi connectivity index (χ1) is 6.72. The topological polar surface area (TPSA) is 85.1 Å². The number of ether oxygens (including phenoxy) is 1. The standard InChI is InChI=1S/C9H9N3O2/c1-13-6-2-5(9(10)11)3-7-8(6)12-4-14-7/h2-4H,1H3,(H3,10,11). The SMILES string of the molecule is COc1cc(C(=N)N)cc2ocnc12. The molecule has 0 bridgehead atoms. The zero-order chi connectivity index (χ0) is 10.1. The molecule has 2 rings (SSSR count). The molecule has 0 atom stereocenters. The molecule has 0 radical (unpaired) electrons. The first-order valence-electron chi connectivity index (χ1n) is 3.98. The maximum Gasteiger partial charge on any atom is 0.182 e. The number of aromatic nitrogens is 1. The number of oxazole rings is 1. The van der Waals surface area contributed by atoms with Crippen LogP contribution < -0.4 is 10.5 Å². The lowest BCUT2D eigenvalue weighted by Crippen LogP contribution is -2.10. The van der Waals surface area contributed by atoms with Crippen molar-refractivity contribution in [3.8, 4) is 5.75 Å². The lowest BCUT2D eigenvalue weighted by Gasteiger charge is -2.03. The van der Waals surface area contributed by atoms with Crippen molar-refractivity contribution in [1.29, 1.82) is 5.41 Å². The molecule has 3 N–H and O–H groups in total. The monoisotopic (exact) mass is 191 g/mol. The fourth-order valence-corrected chi connectivity index (χ4v) is 1.25. The minimum Gasteiger partial charge on any atom is -0.494 e. The highest BCUT2D eigenvalue weighted by atomic mass is 16.5. The van der Waals surface area contributed by atoms with Gasteiger partial charge in [-0.2, -0.15) is 0 Å². The van der Waals surface area contributed by atoms with E-state index in [1.807, 2.05) is 0 Å². The van der Waals surface area contributed by atoms with Crippen molar-refractivity contribution in [3.63, 3.8) is 0 Å². The van der Waals surface area contributed by atoms with E-state index < -0.39 is 0 Å². The summed E-state index contributed by atoms with van der Waals surface area (Å²) in [4.78, 5) is 3.99. The Kier molecular flexibility index (Phi) is 1.85. The molecule has 0 unspecified atom stereocenters. The maximum absolute atomic E-state index is 7.30. The number of methoxy groups -OCH3 is 1. The van der Waals surface area contributed by atoms with Gasteiger partial charge in [0.25, 0.3) is 0 Å². The van der Waals surface area contributed by atoms with Crippen LogP contribution in [-0.4, -0.2) is 17.9 Å². The molecule has 5 heteroatoms. The van der Waals surface area contributed by atoms with E-state index >= 15 is 0 Å². The first-order valence-corrected chi connectivity index (χ1v) is 3.98. The number of nitrogens with two attached hydrogens (primary N) is 1. The molecule has 0 saturated heterocycles. The summed E-state index contributed by atoms with van der Waals surface area (Å²) >= 11 is 0. The minimum atomic E-state index is -0.0263. The Labute approximate surface area is 80.0 Å². The van der Waals surface area contributed by atoms with Gasteiger partial charge in [0.1, 0.15) is 11.6 Å². The van der Waals surface area contributed by atoms with Crippen molar-refractivity contribution in [2.75, 3.05) is 7.11 Å². The molecule has 0 aliphatic rings. The van der Waals surface area contributed by atoms with Crippen LogP contribution in [0.1, 0.15) is 5.56 Å². The zero-order valence-corrected chi connectivity index (χ0v) is 7.57. The molecule has 14 heavy (non-hydrogen) atoms. The van der Waals surface area contributed by atoms with Crippen molar-refractivity contribution in [3.05, 3.63) is 24.1 Å². The maximum atomic E-state index is 7.30. The average Bonchev–Trinajstić information content (AvgIpc) is 2.63. The van der Waals surface area contributed by atoms with Crippen LogP contribution in [0.5, 0.6) is 5.75 Å². The van der Waals surface area contributed by atoms with E-state index in [2.05, 4.69) is 4.98 Å². The fourth-order valence-electron chi connectivity index (χ4n) is 1.25. The highest BCUT2D eigenvalue weighted by Crippen LogP contribution is 2.25. The molecule has 1 aromatic carbocycles. The van der Waals surface area contributed by atoms with E-state index in [4.69, 9.17) is 20.3 Å². The van der Waals surface area contributed by atoms with Crippen molar-refractivity contribution < 1.29 is 9.15 Å². The highest BCUT2D eigenvalue weighted by Gasteiger charge is 2.09. The van der Waals surface area contributed by atoms with Gasteiger partial charge in [0.05, 0.1) is 7.11 Å². The summed E-state index contributed by atoms with van der Waals surface area (Å²) in [5.41, 5.74) is 7.12. The van der Waals surface area contributed by atoms with E-state index in [0.717, 1.165) is 0 Å². The van der Waals surface area contributed by atoms with Gasteiger partial charge in [-0.1, -0.05) is 0 Å². The van der Waals surface area contributed by atoms with Crippen LogP contribution in [-0.2, 0) is 0 Å². The van der Waals surface area contributed by atoms with E-state index in [9.17, 15) is 0 Å². The summed E-state index contributed by atoms with van der Waals surface area (Å²) < 4.78 is 10.2. The molecule has 0 spiro atoms. The van der Waals surface area contributed by atoms with E-state index in [0.29, 0.717) is 22.4 Å². The predicted molar refractivity (Wildman–Crippen MR) is 51.6 cm³/mol. The molecule has 2 aromatic rings. The summed E-state index contributed by atoms with van der Waals surface area (Å²) in [7, 11) is 1.54. The lowest BCUT2D eigenvalue weighted by atomic mass is 10.2. The molecule has 0 fully saturated rings. The second-order valence-electron chi connectivity index (χ2n) is 2.79. The normalized spacial score (nSPS) is 10.4. The van der Waals surface area contributed by atoms with Crippen LogP contribution in [0.4, 0.5) is 0 Å². The second-order valence-corrected chi connectivity index (χ2v) is 2.79. The number of nitrogen functional groups attached to an aromatic ring is 1.